The van der Waals surface area contributed by atoms with Gasteiger partial charge in [0, 0.05) is 7.05 Å². The normalized spacial score (nSPS) is 39.8. The lowest BCUT2D eigenvalue weighted by molar-refractivity contribution is -0.0814. The molecule has 0 aromatic carbocycles. The van der Waals surface area contributed by atoms with Crippen LogP contribution >= 0.6 is 0 Å². The number of rotatable bonds is 2. The number of ether oxygens (including phenoxy) is 1. The third-order valence-electron chi connectivity index (χ3n) is 5.60. The highest BCUT2D eigenvalue weighted by Gasteiger charge is 2.49. The number of nitrogens with zero attached hydrogens (tertiary/aromatic N) is 2. The maximum atomic E-state index is 6.35. The van der Waals surface area contributed by atoms with E-state index in [1.54, 1.807) is 4.68 Å². The molecule has 19 heavy (non-hydrogen) atoms. The highest BCUT2D eigenvalue weighted by atomic mass is 16.5. The van der Waals surface area contributed by atoms with Gasteiger partial charge in [-0.15, -0.1) is 0 Å². The van der Waals surface area contributed by atoms with Crippen LogP contribution in [0.1, 0.15) is 37.8 Å². The van der Waals surface area contributed by atoms with Gasteiger partial charge in [-0.1, -0.05) is 0 Å². The average molecular weight is 261 g/mol. The molecule has 1 aromatic rings. The van der Waals surface area contributed by atoms with E-state index in [2.05, 4.69) is 5.10 Å². The van der Waals surface area contributed by atoms with Crippen LogP contribution in [-0.4, -0.2) is 15.9 Å². The van der Waals surface area contributed by atoms with Crippen LogP contribution in [0.4, 0.5) is 5.69 Å². The summed E-state index contributed by atoms with van der Waals surface area (Å²) in [6.45, 7) is 1.94. The summed E-state index contributed by atoms with van der Waals surface area (Å²) < 4.78 is 8.15. The summed E-state index contributed by atoms with van der Waals surface area (Å²) in [5.74, 6) is 4.26. The third-order valence-corrected chi connectivity index (χ3v) is 5.60. The van der Waals surface area contributed by atoms with Crippen LogP contribution in [-0.2, 0) is 7.05 Å². The summed E-state index contributed by atoms with van der Waals surface area (Å²) in [4.78, 5) is 0. The van der Waals surface area contributed by atoms with Crippen molar-refractivity contribution in [1.29, 1.82) is 0 Å². The van der Waals surface area contributed by atoms with E-state index in [9.17, 15) is 0 Å². The number of nitrogen functional groups attached to an aromatic ring is 1. The van der Waals surface area contributed by atoms with E-state index in [1.807, 2.05) is 14.0 Å². The van der Waals surface area contributed by atoms with E-state index in [0.29, 0.717) is 6.10 Å². The summed E-state index contributed by atoms with van der Waals surface area (Å²) in [6, 6.07) is 0. The van der Waals surface area contributed by atoms with Crippen molar-refractivity contribution in [3.63, 3.8) is 0 Å². The van der Waals surface area contributed by atoms with Crippen molar-refractivity contribution in [2.45, 2.75) is 45.1 Å². The van der Waals surface area contributed by atoms with Crippen LogP contribution in [0.5, 0.6) is 5.88 Å². The molecule has 0 spiro atoms. The molecule has 5 rings (SSSR count). The average Bonchev–Trinajstić information content (AvgIpc) is 2.58. The fraction of sp³-hybridized carbons (Fsp3) is 0.800. The quantitative estimate of drug-likeness (QED) is 0.890. The minimum absolute atomic E-state index is 0.380. The number of aryl methyl sites for hydroxylation is 2. The van der Waals surface area contributed by atoms with Crippen molar-refractivity contribution in [1.82, 2.24) is 9.78 Å². The van der Waals surface area contributed by atoms with Crippen LogP contribution in [0.2, 0.25) is 0 Å². The Morgan fingerprint density at radius 3 is 2.16 bits per heavy atom. The van der Waals surface area contributed by atoms with Gasteiger partial charge in [0.15, 0.2) is 0 Å². The zero-order valence-corrected chi connectivity index (χ0v) is 11.8. The Labute approximate surface area is 114 Å². The zero-order valence-electron chi connectivity index (χ0n) is 11.8. The van der Waals surface area contributed by atoms with Crippen LogP contribution in [0.3, 0.4) is 0 Å². The topological polar surface area (TPSA) is 53.1 Å². The number of aromatic nitrogens is 2. The molecule has 4 aliphatic rings. The molecule has 0 saturated heterocycles. The molecule has 0 unspecified atom stereocenters. The molecule has 0 aliphatic heterocycles. The van der Waals surface area contributed by atoms with Crippen molar-refractivity contribution in [3.05, 3.63) is 5.69 Å². The fourth-order valence-corrected chi connectivity index (χ4v) is 4.99. The lowest BCUT2D eigenvalue weighted by atomic mass is 9.55. The van der Waals surface area contributed by atoms with E-state index in [4.69, 9.17) is 10.5 Å². The molecule has 0 radical (unpaired) electrons. The predicted molar refractivity (Wildman–Crippen MR) is 73.8 cm³/mol. The van der Waals surface area contributed by atoms with Crippen molar-refractivity contribution < 1.29 is 4.74 Å². The summed E-state index contributed by atoms with van der Waals surface area (Å²) in [5.41, 5.74) is 7.69. The second kappa shape index (κ2) is 3.90. The van der Waals surface area contributed by atoms with Gasteiger partial charge in [-0.05, 0) is 62.7 Å². The van der Waals surface area contributed by atoms with Crippen LogP contribution in [0, 0.1) is 30.6 Å². The number of hydrogen-bond acceptors (Lipinski definition) is 3. The minimum Gasteiger partial charge on any atom is -0.472 e. The van der Waals surface area contributed by atoms with Crippen molar-refractivity contribution >= 4 is 5.69 Å². The highest BCUT2D eigenvalue weighted by molar-refractivity contribution is 5.52. The standard InChI is InChI=1S/C15H23N3O/c1-8-13(16)15(18(2)17-8)19-14-11-4-9-3-10(6-11)7-12(14)5-9/h9-12,14H,3-7,16H2,1-2H3. The van der Waals surface area contributed by atoms with E-state index in [-0.39, 0.29) is 0 Å². The van der Waals surface area contributed by atoms with E-state index >= 15 is 0 Å². The molecule has 1 heterocycles. The van der Waals surface area contributed by atoms with Gasteiger partial charge in [0.1, 0.15) is 11.8 Å². The Balaban J connectivity index is 1.60. The van der Waals surface area contributed by atoms with Gasteiger partial charge in [-0.3, -0.25) is 0 Å². The summed E-state index contributed by atoms with van der Waals surface area (Å²) in [6.07, 6.45) is 7.34. The summed E-state index contributed by atoms with van der Waals surface area (Å²) in [7, 11) is 1.93. The molecule has 104 valence electrons. The molecule has 4 bridgehead atoms. The monoisotopic (exact) mass is 261 g/mol. The largest absolute Gasteiger partial charge is 0.472 e. The zero-order chi connectivity index (χ0) is 13.1. The second-order valence-electron chi connectivity index (χ2n) is 6.94. The molecular weight excluding hydrogens is 238 g/mol. The first-order valence-corrected chi connectivity index (χ1v) is 7.57. The maximum Gasteiger partial charge on any atom is 0.236 e. The Hall–Kier alpha value is -1.19. The molecule has 0 amide bonds. The van der Waals surface area contributed by atoms with E-state index in [1.165, 1.54) is 32.1 Å². The lowest BCUT2D eigenvalue weighted by Crippen LogP contribution is -2.50. The van der Waals surface area contributed by atoms with Crippen LogP contribution < -0.4 is 10.5 Å². The van der Waals surface area contributed by atoms with Gasteiger partial charge in [-0.2, -0.15) is 5.10 Å². The smallest absolute Gasteiger partial charge is 0.236 e. The molecule has 2 N–H and O–H groups in total. The molecule has 1 aromatic heterocycles. The molecule has 4 saturated carbocycles. The summed E-state index contributed by atoms with van der Waals surface area (Å²) >= 11 is 0. The fourth-order valence-electron chi connectivity index (χ4n) is 4.99. The molecule has 4 nitrogen and oxygen atoms in total. The molecule has 4 aliphatic carbocycles. The van der Waals surface area contributed by atoms with E-state index < -0.39 is 0 Å². The SMILES string of the molecule is Cc1nn(C)c(OC2C3CC4CC(C3)CC2C4)c1N. The molecule has 4 fully saturated rings. The van der Waals surface area contributed by atoms with Crippen LogP contribution in [0.15, 0.2) is 0 Å². The second-order valence-corrected chi connectivity index (χ2v) is 6.94. The van der Waals surface area contributed by atoms with Gasteiger partial charge in [0.05, 0.1) is 5.69 Å². The van der Waals surface area contributed by atoms with Crippen molar-refractivity contribution in [3.8, 4) is 5.88 Å². The lowest BCUT2D eigenvalue weighted by Gasteiger charge is -2.53. The number of nitrogens with two attached hydrogens (primary N) is 1. The number of anilines is 1. The maximum absolute atomic E-state index is 6.35. The van der Waals surface area contributed by atoms with Crippen LogP contribution in [0.25, 0.3) is 0 Å². The van der Waals surface area contributed by atoms with Crippen molar-refractivity contribution in [2.75, 3.05) is 5.73 Å². The first-order chi connectivity index (χ1) is 9.11. The molecular formula is C15H23N3O. The molecule has 0 atom stereocenters. The first kappa shape index (κ1) is 11.6. The Bertz CT molecular complexity index is 480. The van der Waals surface area contributed by atoms with Gasteiger partial charge < -0.3 is 10.5 Å². The predicted octanol–water partition coefficient (Wildman–Crippen LogP) is 2.51. The van der Waals surface area contributed by atoms with Crippen molar-refractivity contribution in [2.24, 2.45) is 30.7 Å². The van der Waals surface area contributed by atoms with E-state index in [0.717, 1.165) is 40.9 Å². The Morgan fingerprint density at radius 1 is 1.11 bits per heavy atom. The van der Waals surface area contributed by atoms with Gasteiger partial charge in [0.2, 0.25) is 5.88 Å². The third kappa shape index (κ3) is 1.68. The van der Waals surface area contributed by atoms with Gasteiger partial charge in [-0.25, -0.2) is 4.68 Å². The minimum atomic E-state index is 0.380. The van der Waals surface area contributed by atoms with Gasteiger partial charge in [0.25, 0.3) is 0 Å². The summed E-state index contributed by atoms with van der Waals surface area (Å²) in [5, 5.41) is 4.36. The molecule has 4 heteroatoms. The Morgan fingerprint density at radius 2 is 1.68 bits per heavy atom. The number of hydrogen-bond donors (Lipinski definition) is 1. The highest BCUT2D eigenvalue weighted by Crippen LogP contribution is 2.54. The first-order valence-electron chi connectivity index (χ1n) is 7.57. The van der Waals surface area contributed by atoms with Gasteiger partial charge >= 0.3 is 0 Å². The Kier molecular flexibility index (Phi) is 2.39.